The van der Waals surface area contributed by atoms with Gasteiger partial charge in [0.05, 0.1) is 6.21 Å². The number of rotatable bonds is 1. The van der Waals surface area contributed by atoms with Crippen LogP contribution in [-0.2, 0) is 4.99 Å². The van der Waals surface area contributed by atoms with Crippen molar-refractivity contribution in [3.05, 3.63) is 29.8 Å². The van der Waals surface area contributed by atoms with E-state index in [2.05, 4.69) is 15.6 Å². The summed E-state index contributed by atoms with van der Waals surface area (Å²) < 4.78 is 0. The fourth-order valence-electron chi connectivity index (χ4n) is 1.05. The average Bonchev–Trinajstić information content (AvgIpc) is 2.17. The topological polar surface area (TPSA) is 57.1 Å². The van der Waals surface area contributed by atoms with Gasteiger partial charge in [-0.15, -0.1) is 5.17 Å². The highest BCUT2D eigenvalue weighted by Crippen LogP contribution is 2.18. The first-order chi connectivity index (χ1) is 5.92. The second kappa shape index (κ2) is 2.80. The third-order valence-electron chi connectivity index (χ3n) is 1.59. The Kier molecular flexibility index (Phi) is 1.65. The van der Waals surface area contributed by atoms with E-state index in [1.165, 1.54) is 0 Å². The lowest BCUT2D eigenvalue weighted by atomic mass is 10.2. The summed E-state index contributed by atoms with van der Waals surface area (Å²) in [6, 6.07) is 7.38. The Morgan fingerprint density at radius 3 is 3.08 bits per heavy atom. The van der Waals surface area contributed by atoms with Crippen molar-refractivity contribution in [1.82, 2.24) is 5.53 Å². The number of fused-ring (bicyclic) bond motifs is 1. The van der Waals surface area contributed by atoms with Crippen molar-refractivity contribution in [2.24, 2.45) is 5.10 Å². The van der Waals surface area contributed by atoms with Crippen LogP contribution in [0.4, 0.5) is 5.69 Å². The summed E-state index contributed by atoms with van der Waals surface area (Å²) in [4.78, 5) is 4.03. The van der Waals surface area contributed by atoms with Crippen LogP contribution in [0.3, 0.4) is 0 Å². The number of nitrogens with one attached hydrogen (secondary N) is 1. The van der Waals surface area contributed by atoms with Crippen molar-refractivity contribution in [3.63, 3.8) is 0 Å². The van der Waals surface area contributed by atoms with E-state index in [1.807, 2.05) is 18.2 Å². The van der Waals surface area contributed by atoms with Gasteiger partial charge in [-0.1, -0.05) is 23.2 Å². The van der Waals surface area contributed by atoms with Gasteiger partial charge in [0.1, 0.15) is 5.69 Å². The van der Waals surface area contributed by atoms with E-state index in [9.17, 15) is 0 Å². The van der Waals surface area contributed by atoms with Crippen molar-refractivity contribution < 1.29 is 10.2 Å². The van der Waals surface area contributed by atoms with Gasteiger partial charge in [0.15, 0.2) is 0 Å². The Morgan fingerprint density at radius 2 is 2.25 bits per heavy atom. The van der Waals surface area contributed by atoms with Crippen LogP contribution in [-0.4, -0.2) is 11.5 Å². The van der Waals surface area contributed by atoms with E-state index in [0.717, 1.165) is 16.4 Å². The van der Waals surface area contributed by atoms with Gasteiger partial charge in [0.2, 0.25) is 0 Å². The van der Waals surface area contributed by atoms with Crippen molar-refractivity contribution >= 4 is 11.9 Å². The summed E-state index contributed by atoms with van der Waals surface area (Å²) in [5, 5.41) is 13.2. The second-order valence-corrected chi connectivity index (χ2v) is 2.29. The molecule has 0 bridgehead atoms. The average molecular weight is 165 g/mol. The highest BCUT2D eigenvalue weighted by Gasteiger charge is 2.12. The maximum Gasteiger partial charge on any atom is 0.101 e. The Labute approximate surface area is 68.7 Å². The number of anilines is 1. The van der Waals surface area contributed by atoms with Crippen LogP contribution in [0.5, 0.6) is 0 Å². The number of hydrogen-bond donors (Lipinski definition) is 2. The first-order valence-corrected chi connectivity index (χ1v) is 3.41. The van der Waals surface area contributed by atoms with E-state index >= 15 is 0 Å². The van der Waals surface area contributed by atoms with E-state index in [0.29, 0.717) is 0 Å². The Bertz CT molecular complexity index is 313. The van der Waals surface area contributed by atoms with E-state index in [-0.39, 0.29) is 0 Å². The lowest BCUT2D eigenvalue weighted by molar-refractivity contribution is -0.263. The Balaban J connectivity index is 2.45. The van der Waals surface area contributed by atoms with E-state index in [4.69, 9.17) is 5.26 Å². The van der Waals surface area contributed by atoms with Gasteiger partial charge >= 0.3 is 0 Å². The standard InChI is InChI=1S/C7H7N3O2/c11-12-10-7-4-2-1-3-6(7)5-8-9-10/h1-5,9,11H. The van der Waals surface area contributed by atoms with Crippen molar-refractivity contribution in [2.75, 3.05) is 5.17 Å². The maximum atomic E-state index is 8.43. The molecule has 1 aliphatic rings. The number of hydrazone groups is 1. The molecule has 2 rings (SSSR count). The molecule has 0 saturated carbocycles. The van der Waals surface area contributed by atoms with Crippen LogP contribution < -0.4 is 10.7 Å². The van der Waals surface area contributed by atoms with Crippen LogP contribution in [0.1, 0.15) is 5.56 Å². The summed E-state index contributed by atoms with van der Waals surface area (Å²) in [5.74, 6) is 0. The molecule has 62 valence electrons. The largest absolute Gasteiger partial charge is 0.226 e. The van der Waals surface area contributed by atoms with Crippen LogP contribution in [0.25, 0.3) is 0 Å². The van der Waals surface area contributed by atoms with Crippen molar-refractivity contribution in [2.45, 2.75) is 0 Å². The molecule has 0 saturated heterocycles. The quantitative estimate of drug-likeness (QED) is 0.476. The van der Waals surface area contributed by atoms with Gasteiger partial charge in [-0.2, -0.15) is 10.6 Å². The van der Waals surface area contributed by atoms with Gasteiger partial charge in [-0.3, -0.25) is 0 Å². The molecule has 0 aliphatic carbocycles. The molecule has 0 fully saturated rings. The lowest BCUT2D eigenvalue weighted by Crippen LogP contribution is -2.36. The van der Waals surface area contributed by atoms with Crippen LogP contribution in [0.15, 0.2) is 29.4 Å². The second-order valence-electron chi connectivity index (χ2n) is 2.29. The Hall–Kier alpha value is -1.59. The van der Waals surface area contributed by atoms with E-state index < -0.39 is 0 Å². The predicted octanol–water partition coefficient (Wildman–Crippen LogP) is 0.750. The summed E-state index contributed by atoms with van der Waals surface area (Å²) in [7, 11) is 0. The zero-order chi connectivity index (χ0) is 8.39. The molecular formula is C7H7N3O2. The van der Waals surface area contributed by atoms with Crippen LogP contribution >= 0.6 is 0 Å². The molecule has 0 radical (unpaired) electrons. The smallest absolute Gasteiger partial charge is 0.101 e. The lowest BCUT2D eigenvalue weighted by Gasteiger charge is -2.22. The fourth-order valence-corrected chi connectivity index (χ4v) is 1.05. The van der Waals surface area contributed by atoms with Crippen LogP contribution in [0, 0.1) is 0 Å². The van der Waals surface area contributed by atoms with Crippen molar-refractivity contribution in [3.8, 4) is 0 Å². The zero-order valence-corrected chi connectivity index (χ0v) is 6.14. The molecule has 0 atom stereocenters. The molecule has 0 spiro atoms. The minimum absolute atomic E-state index is 0.718. The molecule has 12 heavy (non-hydrogen) atoms. The van der Waals surface area contributed by atoms with Gasteiger partial charge in [-0.25, -0.2) is 5.26 Å². The molecule has 2 N–H and O–H groups in total. The highest BCUT2D eigenvalue weighted by molar-refractivity contribution is 5.88. The monoisotopic (exact) mass is 165 g/mol. The predicted molar refractivity (Wildman–Crippen MR) is 43.4 cm³/mol. The normalized spacial score (nSPS) is 13.9. The van der Waals surface area contributed by atoms with Crippen molar-refractivity contribution in [1.29, 1.82) is 0 Å². The Morgan fingerprint density at radius 1 is 1.42 bits per heavy atom. The SMILES string of the molecule is OON1NN=Cc2ccccc21. The molecule has 5 heteroatoms. The molecule has 1 aromatic rings. The third-order valence-corrected chi connectivity index (χ3v) is 1.59. The fraction of sp³-hybridized carbons (Fsp3) is 0. The minimum atomic E-state index is 0.718. The van der Waals surface area contributed by atoms with Gasteiger partial charge < -0.3 is 0 Å². The number of nitrogens with zero attached hydrogens (tertiary/aromatic N) is 2. The number of hydrazine groups is 1. The number of benzene rings is 1. The first-order valence-electron chi connectivity index (χ1n) is 3.41. The molecule has 5 nitrogen and oxygen atoms in total. The molecule has 0 unspecified atom stereocenters. The highest BCUT2D eigenvalue weighted by atomic mass is 17.2. The van der Waals surface area contributed by atoms with Gasteiger partial charge in [-0.05, 0) is 6.07 Å². The summed E-state index contributed by atoms with van der Waals surface area (Å²) in [6.45, 7) is 0. The third kappa shape index (κ3) is 1.01. The van der Waals surface area contributed by atoms with E-state index in [1.54, 1.807) is 12.3 Å². The maximum absolute atomic E-state index is 8.43. The molecule has 1 aromatic carbocycles. The minimum Gasteiger partial charge on any atom is -0.226 e. The summed E-state index contributed by atoms with van der Waals surface area (Å²) >= 11 is 0. The van der Waals surface area contributed by atoms with Crippen LogP contribution in [0.2, 0.25) is 0 Å². The summed E-state index contributed by atoms with van der Waals surface area (Å²) in [5.41, 5.74) is 4.05. The van der Waals surface area contributed by atoms with Gasteiger partial charge in [0, 0.05) is 5.56 Å². The molecule has 0 aromatic heterocycles. The van der Waals surface area contributed by atoms with Gasteiger partial charge in [0.25, 0.3) is 0 Å². The summed E-state index contributed by atoms with van der Waals surface area (Å²) in [6.07, 6.45) is 1.64. The molecular weight excluding hydrogens is 158 g/mol. The number of para-hydroxylation sites is 1. The first kappa shape index (κ1) is 7.08. The zero-order valence-electron chi connectivity index (χ0n) is 6.14. The number of hydrogen-bond acceptors (Lipinski definition) is 5. The molecule has 0 amide bonds. The molecule has 1 heterocycles. The molecule has 1 aliphatic heterocycles.